The van der Waals surface area contributed by atoms with E-state index in [0.29, 0.717) is 19.3 Å². The molecule has 1 saturated carbocycles. The molecule has 25 heavy (non-hydrogen) atoms. The van der Waals surface area contributed by atoms with Crippen LogP contribution < -0.4 is 14.8 Å². The number of hydrogen-bond donors (Lipinski definition) is 1. The van der Waals surface area contributed by atoms with E-state index in [1.54, 1.807) is 0 Å². The Kier molecular flexibility index (Phi) is 7.60. The molecule has 3 nitrogen and oxygen atoms in total. The monoisotopic (exact) mass is 425 g/mol. The molecule has 136 valence electrons. The van der Waals surface area contributed by atoms with Crippen molar-refractivity contribution in [2.75, 3.05) is 6.61 Å². The summed E-state index contributed by atoms with van der Waals surface area (Å²) in [6, 6.07) is 13.3. The van der Waals surface area contributed by atoms with Gasteiger partial charge in [0.1, 0.15) is 6.61 Å². The van der Waals surface area contributed by atoms with Crippen LogP contribution in [0.5, 0.6) is 11.5 Å². The van der Waals surface area contributed by atoms with Crippen LogP contribution in [-0.4, -0.2) is 12.6 Å². The highest BCUT2D eigenvalue weighted by Crippen LogP contribution is 2.37. The summed E-state index contributed by atoms with van der Waals surface area (Å²) in [5, 5.41) is 3.53. The van der Waals surface area contributed by atoms with Crippen LogP contribution >= 0.6 is 28.3 Å². The van der Waals surface area contributed by atoms with E-state index in [1.165, 1.54) is 24.0 Å². The molecule has 5 heteroatoms. The predicted molar refractivity (Wildman–Crippen MR) is 108 cm³/mol. The van der Waals surface area contributed by atoms with Crippen LogP contribution in [0.25, 0.3) is 0 Å². The van der Waals surface area contributed by atoms with Crippen molar-refractivity contribution in [1.82, 2.24) is 5.32 Å². The fraction of sp³-hybridized carbons (Fsp3) is 0.400. The van der Waals surface area contributed by atoms with Crippen molar-refractivity contribution >= 4 is 28.3 Å². The van der Waals surface area contributed by atoms with Crippen molar-refractivity contribution in [2.24, 2.45) is 0 Å². The minimum absolute atomic E-state index is 0. The van der Waals surface area contributed by atoms with Gasteiger partial charge in [-0.25, -0.2) is 0 Å². The molecule has 2 aromatic rings. The summed E-state index contributed by atoms with van der Waals surface area (Å²) >= 11 is 3.64. The molecule has 0 radical (unpaired) electrons. The summed E-state index contributed by atoms with van der Waals surface area (Å²) in [4.78, 5) is 0. The third kappa shape index (κ3) is 5.91. The number of halogens is 2. The zero-order chi connectivity index (χ0) is 16.9. The second-order valence-corrected chi connectivity index (χ2v) is 7.12. The zero-order valence-corrected chi connectivity index (χ0v) is 17.1. The Morgan fingerprint density at radius 3 is 2.44 bits per heavy atom. The highest BCUT2D eigenvalue weighted by Gasteiger charge is 2.20. The van der Waals surface area contributed by atoms with Gasteiger partial charge in [-0.2, -0.15) is 0 Å². The summed E-state index contributed by atoms with van der Waals surface area (Å²) in [7, 11) is 0. The zero-order valence-electron chi connectivity index (χ0n) is 14.7. The summed E-state index contributed by atoms with van der Waals surface area (Å²) in [6.07, 6.45) is 2.58. The molecule has 1 fully saturated rings. The Bertz CT molecular complexity index is 687. The smallest absolute Gasteiger partial charge is 0.175 e. The average molecular weight is 427 g/mol. The van der Waals surface area contributed by atoms with E-state index in [0.717, 1.165) is 28.1 Å². The Balaban J connectivity index is 0.00000225. The molecule has 0 amide bonds. The molecular formula is C20H25BrClNO2. The Morgan fingerprint density at radius 2 is 1.80 bits per heavy atom. The number of ether oxygens (including phenoxy) is 2. The highest BCUT2D eigenvalue weighted by atomic mass is 79.9. The van der Waals surface area contributed by atoms with Crippen molar-refractivity contribution in [1.29, 1.82) is 0 Å². The molecular weight excluding hydrogens is 402 g/mol. The molecule has 0 saturated heterocycles. The van der Waals surface area contributed by atoms with Crippen molar-refractivity contribution in [2.45, 2.75) is 45.9 Å². The molecule has 0 spiro atoms. The molecule has 0 atom stereocenters. The second-order valence-electron chi connectivity index (χ2n) is 6.27. The number of rotatable bonds is 8. The van der Waals surface area contributed by atoms with E-state index >= 15 is 0 Å². The first-order chi connectivity index (χ1) is 11.7. The minimum atomic E-state index is 0. The lowest BCUT2D eigenvalue weighted by Gasteiger charge is -2.16. The molecule has 0 aromatic heterocycles. The molecule has 0 bridgehead atoms. The van der Waals surface area contributed by atoms with Crippen molar-refractivity contribution < 1.29 is 9.47 Å². The summed E-state index contributed by atoms with van der Waals surface area (Å²) in [6.45, 7) is 6.09. The first-order valence-corrected chi connectivity index (χ1v) is 9.32. The highest BCUT2D eigenvalue weighted by molar-refractivity contribution is 9.10. The van der Waals surface area contributed by atoms with Gasteiger partial charge in [-0.1, -0.05) is 29.8 Å². The maximum Gasteiger partial charge on any atom is 0.175 e. The van der Waals surface area contributed by atoms with Crippen LogP contribution in [0.2, 0.25) is 0 Å². The van der Waals surface area contributed by atoms with Gasteiger partial charge in [0.25, 0.3) is 0 Å². The fourth-order valence-electron chi connectivity index (χ4n) is 2.52. The van der Waals surface area contributed by atoms with E-state index in [1.807, 2.05) is 6.92 Å². The second kappa shape index (κ2) is 9.46. The third-order valence-corrected chi connectivity index (χ3v) is 4.63. The quantitative estimate of drug-likeness (QED) is 0.612. The molecule has 3 rings (SSSR count). The van der Waals surface area contributed by atoms with Crippen molar-refractivity contribution in [3.63, 3.8) is 0 Å². The SMILES string of the molecule is CCOc1cc(CNC2CC2)cc(Br)c1OCc1ccc(C)cc1.Cl. The normalized spacial score (nSPS) is 13.2. The van der Waals surface area contributed by atoms with Crippen LogP contribution in [0.4, 0.5) is 0 Å². The van der Waals surface area contributed by atoms with Crippen LogP contribution in [0.15, 0.2) is 40.9 Å². The number of nitrogens with one attached hydrogen (secondary N) is 1. The van der Waals surface area contributed by atoms with Crippen LogP contribution in [0, 0.1) is 6.92 Å². The van der Waals surface area contributed by atoms with E-state index in [4.69, 9.17) is 9.47 Å². The lowest BCUT2D eigenvalue weighted by atomic mass is 10.1. The van der Waals surface area contributed by atoms with Gasteiger partial charge in [0.2, 0.25) is 0 Å². The molecule has 1 aliphatic rings. The van der Waals surface area contributed by atoms with Gasteiger partial charge in [-0.15, -0.1) is 12.4 Å². The Labute approximate surface area is 164 Å². The fourth-order valence-corrected chi connectivity index (χ4v) is 3.12. The maximum atomic E-state index is 6.05. The van der Waals surface area contributed by atoms with Gasteiger partial charge in [-0.3, -0.25) is 0 Å². The topological polar surface area (TPSA) is 30.5 Å². The van der Waals surface area contributed by atoms with E-state index in [-0.39, 0.29) is 12.4 Å². The Hall–Kier alpha value is -1.23. The lowest BCUT2D eigenvalue weighted by Crippen LogP contribution is -2.15. The van der Waals surface area contributed by atoms with Gasteiger partial charge in [0.15, 0.2) is 11.5 Å². The molecule has 1 N–H and O–H groups in total. The first kappa shape index (κ1) is 20.1. The lowest BCUT2D eigenvalue weighted by molar-refractivity contribution is 0.267. The summed E-state index contributed by atoms with van der Waals surface area (Å²) in [5.74, 6) is 1.57. The standard InChI is InChI=1S/C20H24BrNO2.ClH/c1-3-23-19-11-16(12-22-17-8-9-17)10-18(21)20(19)24-13-15-6-4-14(2)5-7-15;/h4-7,10-11,17,22H,3,8-9,12-13H2,1-2H3;1H. The summed E-state index contributed by atoms with van der Waals surface area (Å²) in [5.41, 5.74) is 3.61. The van der Waals surface area contributed by atoms with Gasteiger partial charge in [-0.05, 0) is 65.9 Å². The number of benzene rings is 2. The number of hydrogen-bond acceptors (Lipinski definition) is 3. The maximum absolute atomic E-state index is 6.05. The largest absolute Gasteiger partial charge is 0.490 e. The van der Waals surface area contributed by atoms with Gasteiger partial charge in [0, 0.05) is 12.6 Å². The molecule has 1 aliphatic carbocycles. The molecule has 2 aromatic carbocycles. The van der Waals surface area contributed by atoms with Gasteiger partial charge < -0.3 is 14.8 Å². The third-order valence-electron chi connectivity index (χ3n) is 4.05. The van der Waals surface area contributed by atoms with Crippen molar-refractivity contribution in [3.8, 4) is 11.5 Å². The van der Waals surface area contributed by atoms with Crippen LogP contribution in [0.3, 0.4) is 0 Å². The summed E-state index contributed by atoms with van der Waals surface area (Å²) < 4.78 is 12.8. The molecule has 0 heterocycles. The first-order valence-electron chi connectivity index (χ1n) is 8.52. The van der Waals surface area contributed by atoms with Gasteiger partial charge >= 0.3 is 0 Å². The van der Waals surface area contributed by atoms with Crippen LogP contribution in [-0.2, 0) is 13.2 Å². The van der Waals surface area contributed by atoms with Crippen LogP contribution in [0.1, 0.15) is 36.5 Å². The van der Waals surface area contributed by atoms with E-state index in [2.05, 4.69) is 64.6 Å². The Morgan fingerprint density at radius 1 is 1.08 bits per heavy atom. The average Bonchev–Trinajstić information content (AvgIpc) is 3.38. The van der Waals surface area contributed by atoms with Gasteiger partial charge in [0.05, 0.1) is 11.1 Å². The van der Waals surface area contributed by atoms with E-state index in [9.17, 15) is 0 Å². The molecule has 0 aliphatic heterocycles. The number of aryl methyl sites for hydroxylation is 1. The van der Waals surface area contributed by atoms with E-state index < -0.39 is 0 Å². The van der Waals surface area contributed by atoms with Crippen molar-refractivity contribution in [3.05, 3.63) is 57.6 Å². The minimum Gasteiger partial charge on any atom is -0.490 e. The predicted octanol–water partition coefficient (Wildman–Crippen LogP) is 5.41. The molecule has 0 unspecified atom stereocenters.